The van der Waals surface area contributed by atoms with Crippen LogP contribution in [-0.4, -0.2) is 16.3 Å². The second-order valence-corrected chi connectivity index (χ2v) is 5.77. The van der Waals surface area contributed by atoms with Crippen LogP contribution in [0, 0.1) is 5.92 Å². The van der Waals surface area contributed by atoms with Crippen molar-refractivity contribution in [2.24, 2.45) is 11.7 Å². The molecule has 0 spiro atoms. The van der Waals surface area contributed by atoms with Crippen molar-refractivity contribution in [1.82, 2.24) is 4.57 Å². The minimum Gasteiger partial charge on any atom is -0.363 e. The van der Waals surface area contributed by atoms with Crippen LogP contribution in [0.5, 0.6) is 0 Å². The number of carbonyl (C=O) groups excluding carboxylic acids is 2. The number of nitrogens with two attached hydrogens (primary N) is 1. The number of amides is 1. The number of benzene rings is 1. The van der Waals surface area contributed by atoms with Gasteiger partial charge in [-0.25, -0.2) is 0 Å². The predicted octanol–water partition coefficient (Wildman–Crippen LogP) is 2.83. The minimum absolute atomic E-state index is 0.378. The number of para-hydroxylation sites is 1. The maximum Gasteiger partial charge on any atom is 0.289 e. The van der Waals surface area contributed by atoms with Crippen LogP contribution in [0.3, 0.4) is 0 Å². The highest BCUT2D eigenvalue weighted by Gasteiger charge is 2.19. The molecule has 0 bridgehead atoms. The van der Waals surface area contributed by atoms with Crippen LogP contribution in [0.2, 0.25) is 0 Å². The van der Waals surface area contributed by atoms with E-state index in [1.54, 1.807) is 6.20 Å². The molecule has 1 amide bonds. The first kappa shape index (κ1) is 14.3. The number of Topliss-reactive ketones (excluding diaryl/α,β-unsaturated/α-hetero) is 1. The Kier molecular flexibility index (Phi) is 3.67. The molecule has 1 aromatic carbocycles. The van der Waals surface area contributed by atoms with Crippen molar-refractivity contribution < 1.29 is 9.59 Å². The van der Waals surface area contributed by atoms with Gasteiger partial charge in [-0.1, -0.05) is 48.9 Å². The summed E-state index contributed by atoms with van der Waals surface area (Å²) in [6.45, 7) is 2.89. The standard InChI is InChI=1S/C18H18N2O2/c1-12-5-4-6-13(9-12)10-20-11-15(17(21)18(19)22)14-7-2-3-8-16(14)20/h2-8,11-12H,9-10H2,1H3,(H2,19,22). The molecule has 4 nitrogen and oxygen atoms in total. The predicted molar refractivity (Wildman–Crippen MR) is 86.5 cm³/mol. The van der Waals surface area contributed by atoms with Gasteiger partial charge in [0.05, 0.1) is 5.56 Å². The Morgan fingerprint density at radius 3 is 2.82 bits per heavy atom. The number of primary amides is 1. The molecule has 1 unspecified atom stereocenters. The van der Waals surface area contributed by atoms with E-state index in [1.165, 1.54) is 5.57 Å². The summed E-state index contributed by atoms with van der Waals surface area (Å²) in [6, 6.07) is 7.58. The van der Waals surface area contributed by atoms with Gasteiger partial charge in [-0.2, -0.15) is 0 Å². The molecule has 112 valence electrons. The van der Waals surface area contributed by atoms with Gasteiger partial charge in [0.25, 0.3) is 11.7 Å². The number of aromatic nitrogens is 1. The summed E-state index contributed by atoms with van der Waals surface area (Å²) in [6.07, 6.45) is 9.11. The third kappa shape index (κ3) is 2.60. The number of hydrogen-bond donors (Lipinski definition) is 1. The zero-order valence-corrected chi connectivity index (χ0v) is 12.5. The first-order chi connectivity index (χ1) is 10.6. The van der Waals surface area contributed by atoms with E-state index >= 15 is 0 Å². The van der Waals surface area contributed by atoms with Gasteiger partial charge < -0.3 is 10.3 Å². The lowest BCUT2D eigenvalue weighted by Gasteiger charge is -2.15. The van der Waals surface area contributed by atoms with Crippen molar-refractivity contribution in [3.05, 3.63) is 59.8 Å². The van der Waals surface area contributed by atoms with E-state index in [0.29, 0.717) is 18.0 Å². The van der Waals surface area contributed by atoms with Crippen molar-refractivity contribution >= 4 is 22.6 Å². The number of rotatable bonds is 4. The van der Waals surface area contributed by atoms with E-state index in [4.69, 9.17) is 5.73 Å². The van der Waals surface area contributed by atoms with E-state index in [-0.39, 0.29) is 0 Å². The molecule has 1 aliphatic carbocycles. The van der Waals surface area contributed by atoms with Crippen LogP contribution in [-0.2, 0) is 11.3 Å². The summed E-state index contributed by atoms with van der Waals surface area (Å²) in [4.78, 5) is 23.2. The highest BCUT2D eigenvalue weighted by Crippen LogP contribution is 2.25. The van der Waals surface area contributed by atoms with Gasteiger partial charge in [0.2, 0.25) is 0 Å². The molecule has 0 radical (unpaired) electrons. The van der Waals surface area contributed by atoms with Crippen molar-refractivity contribution in [3.63, 3.8) is 0 Å². The first-order valence-corrected chi connectivity index (χ1v) is 7.34. The number of ketones is 1. The van der Waals surface area contributed by atoms with Gasteiger partial charge in [-0.05, 0) is 18.4 Å². The molecule has 1 heterocycles. The van der Waals surface area contributed by atoms with Gasteiger partial charge in [0.15, 0.2) is 0 Å². The number of hydrogen-bond acceptors (Lipinski definition) is 2. The fourth-order valence-corrected chi connectivity index (χ4v) is 2.96. The lowest BCUT2D eigenvalue weighted by atomic mass is 9.96. The van der Waals surface area contributed by atoms with E-state index in [2.05, 4.69) is 25.2 Å². The van der Waals surface area contributed by atoms with Crippen LogP contribution < -0.4 is 5.73 Å². The summed E-state index contributed by atoms with van der Waals surface area (Å²) >= 11 is 0. The Balaban J connectivity index is 2.03. The Morgan fingerprint density at radius 1 is 1.32 bits per heavy atom. The number of fused-ring (bicyclic) bond motifs is 1. The van der Waals surface area contributed by atoms with E-state index in [1.807, 2.05) is 28.8 Å². The Labute approximate surface area is 128 Å². The quantitative estimate of drug-likeness (QED) is 0.696. The molecule has 2 aromatic rings. The maximum absolute atomic E-state index is 12.0. The highest BCUT2D eigenvalue weighted by molar-refractivity contribution is 6.44. The summed E-state index contributed by atoms with van der Waals surface area (Å²) in [7, 11) is 0. The summed E-state index contributed by atoms with van der Waals surface area (Å²) < 4.78 is 2.02. The van der Waals surface area contributed by atoms with E-state index in [9.17, 15) is 9.59 Å². The molecule has 0 aliphatic heterocycles. The zero-order chi connectivity index (χ0) is 15.7. The van der Waals surface area contributed by atoms with E-state index in [0.717, 1.165) is 17.3 Å². The highest BCUT2D eigenvalue weighted by atomic mass is 16.2. The van der Waals surface area contributed by atoms with Gasteiger partial charge in [0.1, 0.15) is 0 Å². The van der Waals surface area contributed by atoms with Crippen LogP contribution >= 0.6 is 0 Å². The second-order valence-electron chi connectivity index (χ2n) is 5.77. The van der Waals surface area contributed by atoms with Gasteiger partial charge in [0, 0.05) is 23.6 Å². The van der Waals surface area contributed by atoms with E-state index < -0.39 is 11.7 Å². The van der Waals surface area contributed by atoms with Crippen molar-refractivity contribution in [3.8, 4) is 0 Å². The molecule has 0 saturated heterocycles. The van der Waals surface area contributed by atoms with Gasteiger partial charge >= 0.3 is 0 Å². The molecule has 1 atom stereocenters. The lowest BCUT2D eigenvalue weighted by Crippen LogP contribution is -2.22. The molecule has 22 heavy (non-hydrogen) atoms. The Bertz CT molecular complexity index is 812. The third-order valence-electron chi connectivity index (χ3n) is 3.99. The number of nitrogens with zero attached hydrogens (tertiary/aromatic N) is 1. The third-order valence-corrected chi connectivity index (χ3v) is 3.99. The van der Waals surface area contributed by atoms with Crippen LogP contribution in [0.4, 0.5) is 0 Å². The SMILES string of the molecule is CC1C=CC=C(Cn2cc(C(=O)C(N)=O)c3ccccc32)C1. The molecule has 0 saturated carbocycles. The fraction of sp³-hybridized carbons (Fsp3) is 0.222. The smallest absolute Gasteiger partial charge is 0.289 e. The minimum atomic E-state index is -0.920. The number of carbonyl (C=O) groups is 2. The average Bonchev–Trinajstić information content (AvgIpc) is 2.85. The maximum atomic E-state index is 12.0. The monoisotopic (exact) mass is 294 g/mol. The van der Waals surface area contributed by atoms with Crippen molar-refractivity contribution in [2.75, 3.05) is 0 Å². The van der Waals surface area contributed by atoms with Gasteiger partial charge in [-0.3, -0.25) is 9.59 Å². The molecular formula is C18H18N2O2. The van der Waals surface area contributed by atoms with Crippen LogP contribution in [0.25, 0.3) is 10.9 Å². The molecule has 4 heteroatoms. The molecule has 1 aromatic heterocycles. The normalized spacial score (nSPS) is 17.5. The molecule has 0 fully saturated rings. The first-order valence-electron chi connectivity index (χ1n) is 7.34. The van der Waals surface area contributed by atoms with Crippen LogP contribution in [0.15, 0.2) is 54.3 Å². The Morgan fingerprint density at radius 2 is 2.09 bits per heavy atom. The number of allylic oxidation sites excluding steroid dienone is 4. The molecular weight excluding hydrogens is 276 g/mol. The van der Waals surface area contributed by atoms with Crippen LogP contribution in [0.1, 0.15) is 23.7 Å². The average molecular weight is 294 g/mol. The molecule has 3 rings (SSSR count). The largest absolute Gasteiger partial charge is 0.363 e. The molecule has 2 N–H and O–H groups in total. The second kappa shape index (κ2) is 5.64. The topological polar surface area (TPSA) is 65.1 Å². The lowest BCUT2D eigenvalue weighted by molar-refractivity contribution is -0.114. The van der Waals surface area contributed by atoms with Crippen molar-refractivity contribution in [2.45, 2.75) is 19.9 Å². The summed E-state index contributed by atoms with van der Waals surface area (Å²) in [5.74, 6) is -1.04. The molecule has 1 aliphatic rings. The fourth-order valence-electron chi connectivity index (χ4n) is 2.96. The summed E-state index contributed by atoms with van der Waals surface area (Å²) in [5, 5.41) is 0.770. The summed E-state index contributed by atoms with van der Waals surface area (Å²) in [5.41, 5.74) is 7.77. The van der Waals surface area contributed by atoms with Gasteiger partial charge in [-0.15, -0.1) is 0 Å². The zero-order valence-electron chi connectivity index (χ0n) is 12.5. The van der Waals surface area contributed by atoms with Crippen molar-refractivity contribution in [1.29, 1.82) is 0 Å². The Hall–Kier alpha value is -2.62.